The maximum absolute atomic E-state index is 13.2. The summed E-state index contributed by atoms with van der Waals surface area (Å²) in [5, 5.41) is 4.41. The topological polar surface area (TPSA) is 60.1 Å². The minimum atomic E-state index is -0.643. The number of hydrogen-bond donors (Lipinski definition) is 0. The van der Waals surface area contributed by atoms with E-state index >= 15 is 0 Å². The SMILES string of the molecule is Cc1ccc(Cn2nc3n(c(=O)c2=O)CCN3c2ccc(F)cc2)cc1. The van der Waals surface area contributed by atoms with Crippen molar-refractivity contribution in [3.05, 3.63) is 86.2 Å². The minimum Gasteiger partial charge on any atom is -0.309 e. The molecule has 0 bridgehead atoms. The Balaban J connectivity index is 1.76. The number of benzene rings is 2. The molecule has 0 radical (unpaired) electrons. The van der Waals surface area contributed by atoms with Crippen molar-refractivity contribution in [1.82, 2.24) is 14.3 Å². The highest BCUT2D eigenvalue weighted by Crippen LogP contribution is 2.26. The molecule has 0 saturated carbocycles. The van der Waals surface area contributed by atoms with Crippen LogP contribution in [0.4, 0.5) is 16.0 Å². The second-order valence-corrected chi connectivity index (χ2v) is 6.33. The Morgan fingerprint density at radius 2 is 1.65 bits per heavy atom. The van der Waals surface area contributed by atoms with Gasteiger partial charge in [-0.25, -0.2) is 9.07 Å². The average Bonchev–Trinajstić information content (AvgIpc) is 3.06. The summed E-state index contributed by atoms with van der Waals surface area (Å²) in [6, 6.07) is 13.7. The van der Waals surface area contributed by atoms with Crippen LogP contribution in [0.1, 0.15) is 11.1 Å². The lowest BCUT2D eigenvalue weighted by molar-refractivity contribution is 0.591. The van der Waals surface area contributed by atoms with E-state index in [9.17, 15) is 14.0 Å². The van der Waals surface area contributed by atoms with Gasteiger partial charge in [0.25, 0.3) is 0 Å². The Morgan fingerprint density at radius 1 is 0.962 bits per heavy atom. The van der Waals surface area contributed by atoms with Gasteiger partial charge < -0.3 is 4.90 Å². The molecule has 1 aromatic heterocycles. The maximum atomic E-state index is 13.2. The van der Waals surface area contributed by atoms with Gasteiger partial charge in [0.15, 0.2) is 0 Å². The van der Waals surface area contributed by atoms with E-state index in [1.165, 1.54) is 21.4 Å². The molecule has 0 aliphatic carbocycles. The standard InChI is InChI=1S/C19H17FN4O2/c1-13-2-4-14(5-3-13)12-24-18(26)17(25)23-11-10-22(19(23)21-24)16-8-6-15(20)7-9-16/h2-9H,10-12H2,1H3. The number of nitrogens with zero attached hydrogens (tertiary/aromatic N) is 4. The van der Waals surface area contributed by atoms with Crippen LogP contribution in [-0.2, 0) is 13.1 Å². The van der Waals surface area contributed by atoms with Gasteiger partial charge in [0.2, 0.25) is 5.95 Å². The van der Waals surface area contributed by atoms with Gasteiger partial charge in [-0.05, 0) is 36.8 Å². The van der Waals surface area contributed by atoms with Gasteiger partial charge in [-0.15, -0.1) is 5.10 Å². The highest BCUT2D eigenvalue weighted by atomic mass is 19.1. The summed E-state index contributed by atoms with van der Waals surface area (Å²) in [6.07, 6.45) is 0. The largest absolute Gasteiger partial charge is 0.333 e. The van der Waals surface area contributed by atoms with Crippen molar-refractivity contribution in [2.75, 3.05) is 11.4 Å². The van der Waals surface area contributed by atoms with Crippen LogP contribution in [0.15, 0.2) is 58.1 Å². The van der Waals surface area contributed by atoms with Crippen LogP contribution in [0.2, 0.25) is 0 Å². The highest BCUT2D eigenvalue weighted by molar-refractivity contribution is 5.58. The molecule has 1 aliphatic heterocycles. The highest BCUT2D eigenvalue weighted by Gasteiger charge is 2.25. The number of rotatable bonds is 3. The number of aryl methyl sites for hydroxylation is 1. The van der Waals surface area contributed by atoms with E-state index in [0.29, 0.717) is 19.0 Å². The summed E-state index contributed by atoms with van der Waals surface area (Å²) in [7, 11) is 0. The fourth-order valence-electron chi connectivity index (χ4n) is 3.06. The van der Waals surface area contributed by atoms with Crippen molar-refractivity contribution in [1.29, 1.82) is 0 Å². The van der Waals surface area contributed by atoms with Crippen LogP contribution >= 0.6 is 0 Å². The summed E-state index contributed by atoms with van der Waals surface area (Å²) in [4.78, 5) is 26.7. The van der Waals surface area contributed by atoms with Crippen LogP contribution in [0.5, 0.6) is 0 Å². The van der Waals surface area contributed by atoms with E-state index in [4.69, 9.17) is 0 Å². The number of anilines is 2. The summed E-state index contributed by atoms with van der Waals surface area (Å²) in [5.41, 5.74) is 1.50. The van der Waals surface area contributed by atoms with Crippen LogP contribution in [0.25, 0.3) is 0 Å². The van der Waals surface area contributed by atoms with Crippen molar-refractivity contribution in [3.63, 3.8) is 0 Å². The van der Waals surface area contributed by atoms with Crippen molar-refractivity contribution >= 4 is 11.6 Å². The molecule has 2 aromatic carbocycles. The lowest BCUT2D eigenvalue weighted by atomic mass is 10.1. The first-order chi connectivity index (χ1) is 12.5. The van der Waals surface area contributed by atoms with Gasteiger partial charge in [0, 0.05) is 18.8 Å². The molecular weight excluding hydrogens is 335 g/mol. The van der Waals surface area contributed by atoms with Crippen LogP contribution in [0.3, 0.4) is 0 Å². The molecule has 0 fully saturated rings. The predicted molar refractivity (Wildman–Crippen MR) is 96.4 cm³/mol. The Bertz CT molecular complexity index is 1070. The fourth-order valence-corrected chi connectivity index (χ4v) is 3.06. The van der Waals surface area contributed by atoms with Crippen molar-refractivity contribution < 1.29 is 4.39 Å². The second-order valence-electron chi connectivity index (χ2n) is 6.33. The molecule has 2 heterocycles. The van der Waals surface area contributed by atoms with Crippen molar-refractivity contribution in [2.24, 2.45) is 0 Å². The molecule has 7 heteroatoms. The fraction of sp³-hybridized carbons (Fsp3) is 0.211. The molecule has 6 nitrogen and oxygen atoms in total. The number of hydrogen-bond acceptors (Lipinski definition) is 4. The molecule has 3 aromatic rings. The van der Waals surface area contributed by atoms with E-state index in [0.717, 1.165) is 16.8 Å². The normalized spacial score (nSPS) is 13.1. The quantitative estimate of drug-likeness (QED) is 0.677. The third kappa shape index (κ3) is 2.81. The average molecular weight is 352 g/mol. The maximum Gasteiger partial charge on any atom is 0.333 e. The zero-order valence-corrected chi connectivity index (χ0v) is 14.2. The Kier molecular flexibility index (Phi) is 3.91. The lowest BCUT2D eigenvalue weighted by Crippen LogP contribution is -2.42. The summed E-state index contributed by atoms with van der Waals surface area (Å²) < 4.78 is 15.8. The Morgan fingerprint density at radius 3 is 2.35 bits per heavy atom. The van der Waals surface area contributed by atoms with Crippen molar-refractivity contribution in [2.45, 2.75) is 20.0 Å². The first kappa shape index (κ1) is 16.3. The van der Waals surface area contributed by atoms with Gasteiger partial charge in [0.1, 0.15) is 5.82 Å². The predicted octanol–water partition coefficient (Wildman–Crippen LogP) is 2.05. The number of fused-ring (bicyclic) bond motifs is 1. The lowest BCUT2D eigenvalue weighted by Gasteiger charge is -2.18. The molecule has 0 saturated heterocycles. The monoisotopic (exact) mass is 352 g/mol. The molecule has 132 valence electrons. The summed E-state index contributed by atoms with van der Waals surface area (Å²) in [6.45, 7) is 3.08. The first-order valence-corrected chi connectivity index (χ1v) is 8.33. The van der Waals surface area contributed by atoms with E-state index < -0.39 is 11.1 Å². The first-order valence-electron chi connectivity index (χ1n) is 8.33. The van der Waals surface area contributed by atoms with Gasteiger partial charge in [-0.3, -0.25) is 14.2 Å². The summed E-state index contributed by atoms with van der Waals surface area (Å²) in [5.74, 6) is 0.0657. The smallest absolute Gasteiger partial charge is 0.309 e. The molecule has 0 spiro atoms. The van der Waals surface area contributed by atoms with E-state index in [2.05, 4.69) is 5.10 Å². The second kappa shape index (κ2) is 6.25. The molecule has 0 unspecified atom stereocenters. The number of halogens is 1. The van der Waals surface area contributed by atoms with Gasteiger partial charge in [0.05, 0.1) is 6.54 Å². The molecule has 1 aliphatic rings. The third-order valence-corrected chi connectivity index (χ3v) is 4.49. The Hall–Kier alpha value is -3.22. The van der Waals surface area contributed by atoms with E-state index in [1.54, 1.807) is 12.1 Å². The van der Waals surface area contributed by atoms with E-state index in [1.807, 2.05) is 36.1 Å². The number of aromatic nitrogens is 3. The van der Waals surface area contributed by atoms with Gasteiger partial charge >= 0.3 is 11.1 Å². The minimum absolute atomic E-state index is 0.222. The molecular formula is C19H17FN4O2. The van der Waals surface area contributed by atoms with Gasteiger partial charge in [-0.2, -0.15) is 0 Å². The third-order valence-electron chi connectivity index (χ3n) is 4.49. The van der Waals surface area contributed by atoms with Crippen LogP contribution in [0, 0.1) is 12.7 Å². The molecule has 26 heavy (non-hydrogen) atoms. The Labute approximate surface area is 148 Å². The molecule has 0 amide bonds. The molecule has 4 rings (SSSR count). The van der Waals surface area contributed by atoms with Crippen LogP contribution in [-0.4, -0.2) is 20.9 Å². The summed E-state index contributed by atoms with van der Waals surface area (Å²) >= 11 is 0. The molecule has 0 N–H and O–H groups in total. The molecule has 0 atom stereocenters. The zero-order chi connectivity index (χ0) is 18.3. The van der Waals surface area contributed by atoms with Gasteiger partial charge in [-0.1, -0.05) is 29.8 Å². The zero-order valence-electron chi connectivity index (χ0n) is 14.2. The van der Waals surface area contributed by atoms with E-state index in [-0.39, 0.29) is 12.4 Å². The van der Waals surface area contributed by atoms with Crippen LogP contribution < -0.4 is 16.0 Å². The van der Waals surface area contributed by atoms with Crippen molar-refractivity contribution in [3.8, 4) is 0 Å².